The van der Waals surface area contributed by atoms with Crippen LogP contribution in [0.1, 0.15) is 58.4 Å². The van der Waals surface area contributed by atoms with E-state index in [-0.39, 0.29) is 0 Å². The SMILES string of the molecule is CCCCC(CC)COc1ccccc1CCC. The molecule has 1 atom stereocenters. The van der Waals surface area contributed by atoms with E-state index in [4.69, 9.17) is 4.74 Å². The van der Waals surface area contributed by atoms with Crippen molar-refractivity contribution in [2.24, 2.45) is 5.92 Å². The van der Waals surface area contributed by atoms with E-state index < -0.39 is 0 Å². The van der Waals surface area contributed by atoms with Crippen LogP contribution in [0.3, 0.4) is 0 Å². The summed E-state index contributed by atoms with van der Waals surface area (Å²) in [7, 11) is 0. The maximum Gasteiger partial charge on any atom is 0.122 e. The lowest BCUT2D eigenvalue weighted by atomic mass is 10.0. The molecule has 0 spiro atoms. The molecule has 0 radical (unpaired) electrons. The molecule has 0 aliphatic rings. The number of para-hydroxylation sites is 1. The minimum Gasteiger partial charge on any atom is -0.493 e. The normalized spacial score (nSPS) is 12.4. The Kier molecular flexibility index (Phi) is 7.55. The van der Waals surface area contributed by atoms with Crippen LogP contribution in [0.15, 0.2) is 24.3 Å². The van der Waals surface area contributed by atoms with Crippen LogP contribution in [0.2, 0.25) is 0 Å². The van der Waals surface area contributed by atoms with Crippen molar-refractivity contribution in [2.45, 2.75) is 59.3 Å². The Morgan fingerprint density at radius 1 is 1.06 bits per heavy atom. The molecule has 0 saturated heterocycles. The molecule has 0 aliphatic carbocycles. The van der Waals surface area contributed by atoms with E-state index in [1.807, 2.05) is 0 Å². The van der Waals surface area contributed by atoms with E-state index in [0.29, 0.717) is 5.92 Å². The maximum atomic E-state index is 6.04. The summed E-state index contributed by atoms with van der Waals surface area (Å²) in [5.41, 5.74) is 1.35. The Morgan fingerprint density at radius 3 is 2.50 bits per heavy atom. The van der Waals surface area contributed by atoms with E-state index in [9.17, 15) is 0 Å². The molecule has 0 fully saturated rings. The van der Waals surface area contributed by atoms with Crippen molar-refractivity contribution >= 4 is 0 Å². The largest absolute Gasteiger partial charge is 0.493 e. The first-order valence-electron chi connectivity index (χ1n) is 7.52. The number of benzene rings is 1. The Hall–Kier alpha value is -0.980. The third kappa shape index (κ3) is 5.12. The molecule has 1 rings (SSSR count). The number of unbranched alkanes of at least 4 members (excludes halogenated alkanes) is 1. The van der Waals surface area contributed by atoms with Crippen LogP contribution in [0.25, 0.3) is 0 Å². The molecule has 1 heteroatoms. The lowest BCUT2D eigenvalue weighted by Crippen LogP contribution is -2.12. The summed E-state index contributed by atoms with van der Waals surface area (Å²) in [4.78, 5) is 0. The highest BCUT2D eigenvalue weighted by Crippen LogP contribution is 2.22. The van der Waals surface area contributed by atoms with Crippen LogP contribution in [0, 0.1) is 5.92 Å². The zero-order valence-electron chi connectivity index (χ0n) is 12.2. The Labute approximate surface area is 113 Å². The van der Waals surface area contributed by atoms with Gasteiger partial charge in [0, 0.05) is 0 Å². The second kappa shape index (κ2) is 9.02. The number of ether oxygens (including phenoxy) is 1. The molecular formula is C17H28O. The van der Waals surface area contributed by atoms with Gasteiger partial charge in [-0.1, -0.05) is 64.7 Å². The van der Waals surface area contributed by atoms with Crippen LogP contribution < -0.4 is 4.74 Å². The van der Waals surface area contributed by atoms with E-state index in [1.54, 1.807) is 0 Å². The first-order valence-corrected chi connectivity index (χ1v) is 7.52. The van der Waals surface area contributed by atoms with Crippen LogP contribution in [-0.4, -0.2) is 6.61 Å². The van der Waals surface area contributed by atoms with E-state index in [1.165, 1.54) is 37.7 Å². The first kappa shape index (κ1) is 15.1. The number of aryl methyl sites for hydroxylation is 1. The highest BCUT2D eigenvalue weighted by molar-refractivity contribution is 5.33. The van der Waals surface area contributed by atoms with Gasteiger partial charge in [-0.25, -0.2) is 0 Å². The molecule has 0 amide bonds. The van der Waals surface area contributed by atoms with Crippen molar-refractivity contribution in [2.75, 3.05) is 6.61 Å². The highest BCUT2D eigenvalue weighted by atomic mass is 16.5. The molecule has 1 aromatic carbocycles. The second-order valence-corrected chi connectivity index (χ2v) is 5.09. The molecule has 0 bridgehead atoms. The van der Waals surface area contributed by atoms with Crippen LogP contribution >= 0.6 is 0 Å². The summed E-state index contributed by atoms with van der Waals surface area (Å²) in [5.74, 6) is 1.80. The second-order valence-electron chi connectivity index (χ2n) is 5.09. The minimum absolute atomic E-state index is 0.708. The fraction of sp³-hybridized carbons (Fsp3) is 0.647. The summed E-state index contributed by atoms with van der Waals surface area (Å²) >= 11 is 0. The average Bonchev–Trinajstić information content (AvgIpc) is 2.41. The van der Waals surface area contributed by atoms with Gasteiger partial charge < -0.3 is 4.74 Å². The molecule has 0 saturated carbocycles. The zero-order chi connectivity index (χ0) is 13.2. The zero-order valence-corrected chi connectivity index (χ0v) is 12.2. The monoisotopic (exact) mass is 248 g/mol. The van der Waals surface area contributed by atoms with Crippen molar-refractivity contribution < 1.29 is 4.74 Å². The van der Waals surface area contributed by atoms with Crippen molar-refractivity contribution in [3.63, 3.8) is 0 Å². The van der Waals surface area contributed by atoms with Gasteiger partial charge >= 0.3 is 0 Å². The Balaban J connectivity index is 2.50. The molecule has 0 aromatic heterocycles. The van der Waals surface area contributed by atoms with Gasteiger partial charge in [0.25, 0.3) is 0 Å². The van der Waals surface area contributed by atoms with Crippen molar-refractivity contribution in [1.82, 2.24) is 0 Å². The van der Waals surface area contributed by atoms with E-state index in [2.05, 4.69) is 45.0 Å². The summed E-state index contributed by atoms with van der Waals surface area (Å²) in [6, 6.07) is 8.47. The summed E-state index contributed by atoms with van der Waals surface area (Å²) in [5, 5.41) is 0. The Morgan fingerprint density at radius 2 is 1.83 bits per heavy atom. The molecule has 1 nitrogen and oxygen atoms in total. The topological polar surface area (TPSA) is 9.23 Å². The van der Waals surface area contributed by atoms with Gasteiger partial charge in [-0.05, 0) is 30.4 Å². The lowest BCUT2D eigenvalue weighted by molar-refractivity contribution is 0.231. The first-order chi connectivity index (χ1) is 8.81. The molecule has 0 heterocycles. The van der Waals surface area contributed by atoms with Gasteiger partial charge in [-0.15, -0.1) is 0 Å². The predicted molar refractivity (Wildman–Crippen MR) is 79.2 cm³/mol. The van der Waals surface area contributed by atoms with E-state index >= 15 is 0 Å². The fourth-order valence-corrected chi connectivity index (χ4v) is 2.23. The van der Waals surface area contributed by atoms with Crippen LogP contribution in [0.5, 0.6) is 5.75 Å². The molecule has 1 unspecified atom stereocenters. The molecule has 1 aromatic rings. The molecule has 0 N–H and O–H groups in total. The minimum atomic E-state index is 0.708. The van der Waals surface area contributed by atoms with Gasteiger partial charge in [0.05, 0.1) is 6.61 Å². The van der Waals surface area contributed by atoms with E-state index in [0.717, 1.165) is 18.8 Å². The fourth-order valence-electron chi connectivity index (χ4n) is 2.23. The third-order valence-electron chi connectivity index (χ3n) is 3.51. The average molecular weight is 248 g/mol. The molecule has 102 valence electrons. The van der Waals surface area contributed by atoms with Gasteiger partial charge in [-0.3, -0.25) is 0 Å². The van der Waals surface area contributed by atoms with Crippen LogP contribution in [-0.2, 0) is 6.42 Å². The van der Waals surface area contributed by atoms with Gasteiger partial charge in [0.1, 0.15) is 5.75 Å². The van der Waals surface area contributed by atoms with Crippen LogP contribution in [0.4, 0.5) is 0 Å². The lowest BCUT2D eigenvalue weighted by Gasteiger charge is -2.17. The highest BCUT2D eigenvalue weighted by Gasteiger charge is 2.08. The quantitative estimate of drug-likeness (QED) is 0.581. The van der Waals surface area contributed by atoms with Crippen molar-refractivity contribution in [3.05, 3.63) is 29.8 Å². The number of rotatable bonds is 9. The summed E-state index contributed by atoms with van der Waals surface area (Å²) in [6.07, 6.45) is 7.40. The standard InChI is InChI=1S/C17H28O/c1-4-7-11-15(6-3)14-18-17-13-9-8-12-16(17)10-5-2/h8-9,12-13,15H,4-7,10-11,14H2,1-3H3. The smallest absolute Gasteiger partial charge is 0.122 e. The summed E-state index contributed by atoms with van der Waals surface area (Å²) < 4.78 is 6.04. The van der Waals surface area contributed by atoms with Gasteiger partial charge in [0.2, 0.25) is 0 Å². The third-order valence-corrected chi connectivity index (χ3v) is 3.51. The van der Waals surface area contributed by atoms with Crippen molar-refractivity contribution in [1.29, 1.82) is 0 Å². The molecule has 0 aliphatic heterocycles. The summed E-state index contributed by atoms with van der Waals surface area (Å²) in [6.45, 7) is 7.61. The molecular weight excluding hydrogens is 220 g/mol. The number of hydrogen-bond acceptors (Lipinski definition) is 1. The predicted octanol–water partition coefficient (Wildman–Crippen LogP) is 5.23. The Bertz CT molecular complexity index is 319. The number of hydrogen-bond donors (Lipinski definition) is 0. The van der Waals surface area contributed by atoms with Crippen molar-refractivity contribution in [3.8, 4) is 5.75 Å². The molecule has 18 heavy (non-hydrogen) atoms. The van der Waals surface area contributed by atoms with Gasteiger partial charge in [-0.2, -0.15) is 0 Å². The maximum absolute atomic E-state index is 6.04. The van der Waals surface area contributed by atoms with Gasteiger partial charge in [0.15, 0.2) is 0 Å².